The zero-order valence-corrected chi connectivity index (χ0v) is 15.1. The van der Waals surface area contributed by atoms with Crippen molar-refractivity contribution in [1.82, 2.24) is 0 Å². The highest BCUT2D eigenvalue weighted by atomic mass is 16.5. The lowest BCUT2D eigenvalue weighted by atomic mass is 10.0. The molecule has 0 unspecified atom stereocenters. The van der Waals surface area contributed by atoms with Crippen LogP contribution < -0.4 is 0 Å². The molecule has 130 valence electrons. The van der Waals surface area contributed by atoms with E-state index in [1.165, 1.54) is 67.3 Å². The summed E-state index contributed by atoms with van der Waals surface area (Å²) in [6, 6.07) is 13.5. The highest BCUT2D eigenvalue weighted by molar-refractivity contribution is 5.83. The summed E-state index contributed by atoms with van der Waals surface area (Å²) < 4.78 is 4.93. The van der Waals surface area contributed by atoms with Crippen molar-refractivity contribution in [2.24, 2.45) is 0 Å². The minimum Gasteiger partial charge on any atom is -0.466 e. The Bertz CT molecular complexity index is 645. The van der Waals surface area contributed by atoms with E-state index in [1.807, 2.05) is 0 Å². The quantitative estimate of drug-likeness (QED) is 0.396. The average Bonchev–Trinajstić information content (AvgIpc) is 2.56. The molecule has 0 bridgehead atoms. The Hall–Kier alpha value is -1.83. The zero-order chi connectivity index (χ0) is 17.2. The molecule has 0 amide bonds. The Morgan fingerprint density at radius 1 is 0.833 bits per heavy atom. The maximum Gasteiger partial charge on any atom is 0.302 e. The van der Waals surface area contributed by atoms with Crippen LogP contribution in [0.5, 0.6) is 0 Å². The molecule has 0 spiro atoms. The number of carbonyl (C=O) groups is 1. The second kappa shape index (κ2) is 10.1. The largest absolute Gasteiger partial charge is 0.466 e. The van der Waals surface area contributed by atoms with E-state index in [4.69, 9.17) is 4.74 Å². The summed E-state index contributed by atoms with van der Waals surface area (Å²) in [4.78, 5) is 10.6. The lowest BCUT2D eigenvalue weighted by Crippen LogP contribution is -2.00. The monoisotopic (exact) mass is 326 g/mol. The minimum atomic E-state index is -0.168. The molecule has 2 aromatic carbocycles. The number of ether oxygens (including phenoxy) is 1. The first-order valence-electron chi connectivity index (χ1n) is 9.28. The van der Waals surface area contributed by atoms with Gasteiger partial charge in [0.2, 0.25) is 0 Å². The Kier molecular flexibility index (Phi) is 7.81. The Balaban J connectivity index is 1.56. The molecule has 2 heteroatoms. The van der Waals surface area contributed by atoms with Crippen LogP contribution in [0.25, 0.3) is 10.8 Å². The van der Waals surface area contributed by atoms with Crippen LogP contribution in [0.3, 0.4) is 0 Å². The van der Waals surface area contributed by atoms with E-state index in [-0.39, 0.29) is 5.97 Å². The molecular formula is C22H30O2. The summed E-state index contributed by atoms with van der Waals surface area (Å²) in [5.74, 6) is -0.168. The van der Waals surface area contributed by atoms with Crippen molar-refractivity contribution < 1.29 is 9.53 Å². The Morgan fingerprint density at radius 2 is 1.46 bits per heavy atom. The number of unbranched alkanes of at least 4 members (excludes halogenated alkanes) is 6. The average molecular weight is 326 g/mol. The van der Waals surface area contributed by atoms with Gasteiger partial charge in [-0.1, -0.05) is 74.1 Å². The van der Waals surface area contributed by atoms with Crippen molar-refractivity contribution in [2.75, 3.05) is 6.61 Å². The lowest BCUT2D eigenvalue weighted by molar-refractivity contribution is -0.141. The fraction of sp³-hybridized carbons (Fsp3) is 0.500. The summed E-state index contributed by atoms with van der Waals surface area (Å²) in [7, 11) is 0. The number of rotatable bonds is 10. The van der Waals surface area contributed by atoms with E-state index < -0.39 is 0 Å². The van der Waals surface area contributed by atoms with Gasteiger partial charge in [-0.2, -0.15) is 0 Å². The van der Waals surface area contributed by atoms with E-state index in [2.05, 4.69) is 43.3 Å². The van der Waals surface area contributed by atoms with Crippen LogP contribution in [0.4, 0.5) is 0 Å². The molecule has 0 aromatic heterocycles. The molecule has 0 heterocycles. The van der Waals surface area contributed by atoms with E-state index >= 15 is 0 Å². The van der Waals surface area contributed by atoms with Gasteiger partial charge in [-0.3, -0.25) is 4.79 Å². The number of esters is 1. The highest BCUT2D eigenvalue weighted by Crippen LogP contribution is 2.19. The third-order valence-electron chi connectivity index (χ3n) is 4.48. The van der Waals surface area contributed by atoms with Gasteiger partial charge in [0.25, 0.3) is 0 Å². The molecule has 2 nitrogen and oxygen atoms in total. The Morgan fingerprint density at radius 3 is 2.21 bits per heavy atom. The third-order valence-corrected chi connectivity index (χ3v) is 4.48. The normalized spacial score (nSPS) is 10.9. The molecule has 0 saturated heterocycles. The maximum atomic E-state index is 10.6. The molecule has 0 saturated carbocycles. The van der Waals surface area contributed by atoms with Crippen LogP contribution in [0.2, 0.25) is 0 Å². The van der Waals surface area contributed by atoms with Crippen LogP contribution in [0, 0.1) is 6.92 Å². The van der Waals surface area contributed by atoms with Crippen LogP contribution in [-0.2, 0) is 16.0 Å². The van der Waals surface area contributed by atoms with Crippen LogP contribution in [0.15, 0.2) is 36.4 Å². The summed E-state index contributed by atoms with van der Waals surface area (Å²) >= 11 is 0. The first kappa shape index (κ1) is 18.5. The van der Waals surface area contributed by atoms with E-state index in [9.17, 15) is 4.79 Å². The number of benzene rings is 2. The summed E-state index contributed by atoms with van der Waals surface area (Å²) in [5, 5.41) is 2.69. The van der Waals surface area contributed by atoms with E-state index in [1.54, 1.807) is 0 Å². The van der Waals surface area contributed by atoms with Crippen molar-refractivity contribution in [3.8, 4) is 0 Å². The number of hydrogen-bond donors (Lipinski definition) is 0. The summed E-state index contributed by atoms with van der Waals surface area (Å²) in [6.45, 7) is 4.19. The van der Waals surface area contributed by atoms with Gasteiger partial charge in [0.15, 0.2) is 0 Å². The first-order valence-corrected chi connectivity index (χ1v) is 9.28. The van der Waals surface area contributed by atoms with Crippen molar-refractivity contribution in [1.29, 1.82) is 0 Å². The number of aryl methyl sites for hydroxylation is 2. The van der Waals surface area contributed by atoms with Gasteiger partial charge in [0.05, 0.1) is 6.61 Å². The second-order valence-corrected chi connectivity index (χ2v) is 6.75. The van der Waals surface area contributed by atoms with Gasteiger partial charge in [-0.15, -0.1) is 0 Å². The first-order chi connectivity index (χ1) is 11.6. The molecule has 2 rings (SSSR count). The van der Waals surface area contributed by atoms with E-state index in [0.29, 0.717) is 6.61 Å². The van der Waals surface area contributed by atoms with E-state index in [0.717, 1.165) is 12.8 Å². The van der Waals surface area contributed by atoms with Crippen LogP contribution in [-0.4, -0.2) is 12.6 Å². The molecule has 0 aliphatic carbocycles. The maximum absolute atomic E-state index is 10.6. The fourth-order valence-corrected chi connectivity index (χ4v) is 3.10. The van der Waals surface area contributed by atoms with Gasteiger partial charge in [-0.25, -0.2) is 0 Å². The summed E-state index contributed by atoms with van der Waals surface area (Å²) in [6.07, 6.45) is 9.75. The van der Waals surface area contributed by atoms with Gasteiger partial charge < -0.3 is 4.74 Å². The van der Waals surface area contributed by atoms with Gasteiger partial charge in [0, 0.05) is 6.92 Å². The van der Waals surface area contributed by atoms with Crippen molar-refractivity contribution in [3.05, 3.63) is 47.5 Å². The predicted molar refractivity (Wildman–Crippen MR) is 101 cm³/mol. The van der Waals surface area contributed by atoms with Crippen LogP contribution in [0.1, 0.15) is 63.0 Å². The zero-order valence-electron chi connectivity index (χ0n) is 15.1. The standard InChI is InChI=1S/C22H30O2/c1-18-11-13-22-17-20(12-14-21(22)16-18)10-8-6-4-3-5-7-9-15-24-19(2)23/h11-14,16-17H,3-10,15H2,1-2H3. The lowest BCUT2D eigenvalue weighted by Gasteiger charge is -2.05. The van der Waals surface area contributed by atoms with Crippen molar-refractivity contribution >= 4 is 16.7 Å². The molecule has 0 aliphatic rings. The van der Waals surface area contributed by atoms with Gasteiger partial charge in [-0.05, 0) is 42.5 Å². The molecule has 0 radical (unpaired) electrons. The molecule has 0 N–H and O–H groups in total. The fourth-order valence-electron chi connectivity index (χ4n) is 3.10. The number of fused-ring (bicyclic) bond motifs is 1. The summed E-state index contributed by atoms with van der Waals surface area (Å²) in [5.41, 5.74) is 2.77. The predicted octanol–water partition coefficient (Wildman–Crippen LogP) is 5.98. The molecule has 2 aromatic rings. The number of hydrogen-bond acceptors (Lipinski definition) is 2. The topological polar surface area (TPSA) is 26.3 Å². The van der Waals surface area contributed by atoms with Crippen molar-refractivity contribution in [2.45, 2.75) is 65.2 Å². The SMILES string of the molecule is CC(=O)OCCCCCCCCCc1ccc2cc(C)ccc2c1. The Labute approximate surface area is 146 Å². The smallest absolute Gasteiger partial charge is 0.302 e. The molecule has 24 heavy (non-hydrogen) atoms. The minimum absolute atomic E-state index is 0.168. The number of carbonyl (C=O) groups excluding carboxylic acids is 1. The van der Waals surface area contributed by atoms with Crippen molar-refractivity contribution in [3.63, 3.8) is 0 Å². The molecular weight excluding hydrogens is 296 g/mol. The third kappa shape index (κ3) is 6.74. The van der Waals surface area contributed by atoms with Crippen LogP contribution >= 0.6 is 0 Å². The molecule has 0 atom stereocenters. The molecule has 0 fully saturated rings. The second-order valence-electron chi connectivity index (χ2n) is 6.75. The highest BCUT2D eigenvalue weighted by Gasteiger charge is 1.99. The van der Waals surface area contributed by atoms with Gasteiger partial charge >= 0.3 is 5.97 Å². The molecule has 0 aliphatic heterocycles. The van der Waals surface area contributed by atoms with Gasteiger partial charge in [0.1, 0.15) is 0 Å².